The summed E-state index contributed by atoms with van der Waals surface area (Å²) >= 11 is 0. The molecule has 0 aromatic carbocycles. The van der Waals surface area contributed by atoms with Crippen molar-refractivity contribution < 1.29 is 4.79 Å². The Kier molecular flexibility index (Phi) is 1.84. The number of nitrogens with zero attached hydrogens (tertiary/aromatic N) is 6. The van der Waals surface area contributed by atoms with Gasteiger partial charge in [-0.15, -0.1) is 5.10 Å². The van der Waals surface area contributed by atoms with Gasteiger partial charge in [-0.3, -0.25) is 0 Å². The van der Waals surface area contributed by atoms with E-state index in [1.54, 1.807) is 13.8 Å². The number of rotatable bonds is 0. The van der Waals surface area contributed by atoms with Gasteiger partial charge in [0.15, 0.2) is 0 Å². The van der Waals surface area contributed by atoms with Crippen molar-refractivity contribution >= 4 is 6.03 Å². The summed E-state index contributed by atoms with van der Waals surface area (Å²) in [5.74, 6) is 1.08. The molecule has 0 radical (unpaired) electrons. The van der Waals surface area contributed by atoms with E-state index in [0.717, 1.165) is 4.68 Å². The minimum Gasteiger partial charge on any atom is -0.243 e. The van der Waals surface area contributed by atoms with Crippen molar-refractivity contribution in [2.45, 2.75) is 13.8 Å². The van der Waals surface area contributed by atoms with Crippen molar-refractivity contribution in [2.24, 2.45) is 0 Å². The Labute approximate surface area is 79.4 Å². The molecule has 0 bridgehead atoms. The second-order valence-electron chi connectivity index (χ2n) is 2.74. The van der Waals surface area contributed by atoms with E-state index in [0.29, 0.717) is 11.6 Å². The van der Waals surface area contributed by atoms with Crippen molar-refractivity contribution in [3.8, 4) is 0 Å². The minimum absolute atomic E-state index is 0.388. The molecule has 0 aliphatic carbocycles. The average Bonchev–Trinajstić information content (AvgIpc) is 2.73. The molecule has 2 aromatic rings. The molecular weight excluding hydrogens is 184 g/mol. The highest BCUT2D eigenvalue weighted by Gasteiger charge is 2.13. The van der Waals surface area contributed by atoms with Crippen LogP contribution in [0.2, 0.25) is 0 Å². The van der Waals surface area contributed by atoms with Crippen LogP contribution >= 0.6 is 0 Å². The largest absolute Gasteiger partial charge is 0.372 e. The van der Waals surface area contributed by atoms with Gasteiger partial charge in [0.2, 0.25) is 0 Å². The SMILES string of the molecule is Cc1nc(C)n(C(=O)n2cncn2)n1. The van der Waals surface area contributed by atoms with Crippen LogP contribution < -0.4 is 0 Å². The fraction of sp³-hybridized carbons (Fsp3) is 0.286. The molecule has 0 aliphatic rings. The third-order valence-corrected chi connectivity index (χ3v) is 1.67. The molecule has 72 valence electrons. The van der Waals surface area contributed by atoms with E-state index in [1.165, 1.54) is 17.3 Å². The van der Waals surface area contributed by atoms with Crippen LogP contribution in [0, 0.1) is 13.8 Å². The monoisotopic (exact) mass is 192 g/mol. The maximum atomic E-state index is 11.7. The highest BCUT2D eigenvalue weighted by molar-refractivity contribution is 5.77. The lowest BCUT2D eigenvalue weighted by Gasteiger charge is -1.98. The Morgan fingerprint density at radius 2 is 2.21 bits per heavy atom. The maximum absolute atomic E-state index is 11.7. The highest BCUT2D eigenvalue weighted by atomic mass is 16.2. The fourth-order valence-electron chi connectivity index (χ4n) is 1.11. The number of hydrogen-bond donors (Lipinski definition) is 0. The van der Waals surface area contributed by atoms with E-state index in [2.05, 4.69) is 20.2 Å². The molecule has 0 saturated heterocycles. The summed E-state index contributed by atoms with van der Waals surface area (Å²) in [6.45, 7) is 3.42. The Bertz CT molecular complexity index is 456. The third kappa shape index (κ3) is 1.28. The summed E-state index contributed by atoms with van der Waals surface area (Å²) < 4.78 is 2.28. The van der Waals surface area contributed by atoms with E-state index in [9.17, 15) is 4.79 Å². The van der Waals surface area contributed by atoms with Gasteiger partial charge in [0.1, 0.15) is 24.3 Å². The quantitative estimate of drug-likeness (QED) is 0.587. The van der Waals surface area contributed by atoms with Gasteiger partial charge in [-0.05, 0) is 13.8 Å². The Hall–Kier alpha value is -2.05. The van der Waals surface area contributed by atoms with Crippen LogP contribution in [0.15, 0.2) is 12.7 Å². The molecule has 0 unspecified atom stereocenters. The van der Waals surface area contributed by atoms with E-state index in [4.69, 9.17) is 0 Å². The van der Waals surface area contributed by atoms with E-state index < -0.39 is 0 Å². The number of aromatic nitrogens is 6. The molecule has 0 aliphatic heterocycles. The first-order valence-electron chi connectivity index (χ1n) is 3.98. The lowest BCUT2D eigenvalue weighted by molar-refractivity contribution is 0.237. The summed E-state index contributed by atoms with van der Waals surface area (Å²) in [6.07, 6.45) is 2.61. The van der Waals surface area contributed by atoms with Crippen molar-refractivity contribution in [2.75, 3.05) is 0 Å². The molecule has 14 heavy (non-hydrogen) atoms. The zero-order valence-electron chi connectivity index (χ0n) is 7.75. The smallest absolute Gasteiger partial charge is 0.243 e. The molecule has 0 spiro atoms. The zero-order valence-corrected chi connectivity index (χ0v) is 7.75. The number of carbonyl (C=O) groups is 1. The Morgan fingerprint density at radius 3 is 2.71 bits per heavy atom. The molecule has 0 fully saturated rings. The van der Waals surface area contributed by atoms with Gasteiger partial charge < -0.3 is 0 Å². The molecule has 2 aromatic heterocycles. The lowest BCUT2D eigenvalue weighted by Crippen LogP contribution is -2.22. The molecule has 0 saturated carbocycles. The lowest BCUT2D eigenvalue weighted by atomic mass is 10.7. The van der Waals surface area contributed by atoms with Gasteiger partial charge in [-0.2, -0.15) is 14.5 Å². The Balaban J connectivity index is 2.41. The summed E-state index contributed by atoms with van der Waals surface area (Å²) in [6, 6.07) is -0.388. The van der Waals surface area contributed by atoms with Crippen molar-refractivity contribution in [1.29, 1.82) is 0 Å². The van der Waals surface area contributed by atoms with E-state index in [1.807, 2.05) is 0 Å². The van der Waals surface area contributed by atoms with Crippen LogP contribution in [0.25, 0.3) is 0 Å². The average molecular weight is 192 g/mol. The molecule has 2 heterocycles. The molecular formula is C7H8N6O. The minimum atomic E-state index is -0.388. The molecule has 0 atom stereocenters. The van der Waals surface area contributed by atoms with Crippen molar-refractivity contribution in [1.82, 2.24) is 29.5 Å². The van der Waals surface area contributed by atoms with Gasteiger partial charge in [-0.25, -0.2) is 14.8 Å². The van der Waals surface area contributed by atoms with Gasteiger partial charge in [0.25, 0.3) is 0 Å². The van der Waals surface area contributed by atoms with Gasteiger partial charge in [0, 0.05) is 0 Å². The van der Waals surface area contributed by atoms with Crippen LogP contribution in [0.1, 0.15) is 11.6 Å². The van der Waals surface area contributed by atoms with Crippen LogP contribution in [0.4, 0.5) is 4.79 Å². The summed E-state index contributed by atoms with van der Waals surface area (Å²) in [7, 11) is 0. The summed E-state index contributed by atoms with van der Waals surface area (Å²) in [5.41, 5.74) is 0. The topological polar surface area (TPSA) is 78.5 Å². The first-order valence-corrected chi connectivity index (χ1v) is 3.98. The molecule has 0 amide bonds. The predicted octanol–water partition coefficient (Wildman–Crippen LogP) is 0.00284. The standard InChI is InChI=1S/C7H8N6O/c1-5-10-6(2)13(11-5)7(14)12-4-8-3-9-12/h3-4H,1-2H3. The van der Waals surface area contributed by atoms with Gasteiger partial charge in [-0.1, -0.05) is 0 Å². The normalized spacial score (nSPS) is 10.4. The van der Waals surface area contributed by atoms with Crippen LogP contribution in [0.5, 0.6) is 0 Å². The molecule has 7 heteroatoms. The van der Waals surface area contributed by atoms with E-state index >= 15 is 0 Å². The first-order chi connectivity index (χ1) is 6.68. The van der Waals surface area contributed by atoms with Crippen LogP contribution in [-0.4, -0.2) is 35.6 Å². The fourth-order valence-corrected chi connectivity index (χ4v) is 1.11. The van der Waals surface area contributed by atoms with Crippen LogP contribution in [0.3, 0.4) is 0 Å². The summed E-state index contributed by atoms with van der Waals surface area (Å²) in [5, 5.41) is 7.64. The first kappa shape index (κ1) is 8.54. The number of aryl methyl sites for hydroxylation is 2. The van der Waals surface area contributed by atoms with Gasteiger partial charge >= 0.3 is 6.03 Å². The third-order valence-electron chi connectivity index (χ3n) is 1.67. The predicted molar refractivity (Wildman–Crippen MR) is 45.7 cm³/mol. The van der Waals surface area contributed by atoms with Gasteiger partial charge in [0.05, 0.1) is 0 Å². The maximum Gasteiger partial charge on any atom is 0.372 e. The van der Waals surface area contributed by atoms with Crippen LogP contribution in [-0.2, 0) is 0 Å². The molecule has 0 N–H and O–H groups in total. The Morgan fingerprint density at radius 1 is 1.43 bits per heavy atom. The second-order valence-corrected chi connectivity index (χ2v) is 2.74. The zero-order chi connectivity index (χ0) is 10.1. The molecule has 2 rings (SSSR count). The van der Waals surface area contributed by atoms with E-state index in [-0.39, 0.29) is 6.03 Å². The van der Waals surface area contributed by atoms with Crippen molar-refractivity contribution in [3.63, 3.8) is 0 Å². The number of hydrogen-bond acceptors (Lipinski definition) is 5. The number of carbonyl (C=O) groups excluding carboxylic acids is 1. The van der Waals surface area contributed by atoms with Crippen molar-refractivity contribution in [3.05, 3.63) is 24.3 Å². The highest BCUT2D eigenvalue weighted by Crippen LogP contribution is 1.97. The molecule has 7 nitrogen and oxygen atoms in total. The second kappa shape index (κ2) is 3.02. The summed E-state index contributed by atoms with van der Waals surface area (Å²) in [4.78, 5) is 19.3.